The molecule has 6 heteroatoms. The number of carbonyl (C=O) groups is 2. The van der Waals surface area contributed by atoms with E-state index in [4.69, 9.17) is 4.74 Å². The van der Waals surface area contributed by atoms with E-state index in [-0.39, 0.29) is 21.6 Å². The van der Waals surface area contributed by atoms with E-state index in [1.165, 1.54) is 46.3 Å². The topological polar surface area (TPSA) is 52.6 Å². The zero-order valence-corrected chi connectivity index (χ0v) is 16.8. The summed E-state index contributed by atoms with van der Waals surface area (Å²) < 4.78 is 9.31. The molecule has 0 rings (SSSR count). The molecule has 0 aliphatic heterocycles. The van der Waals surface area contributed by atoms with Gasteiger partial charge < -0.3 is 9.47 Å². The fraction of sp³-hybridized carbons (Fsp3) is 0.875. The van der Waals surface area contributed by atoms with Crippen LogP contribution in [0.1, 0.15) is 64.2 Å². The number of hydrogen-bond donors (Lipinski definition) is 0. The van der Waals surface area contributed by atoms with Gasteiger partial charge in [0.05, 0.1) is 14.2 Å². The van der Waals surface area contributed by atoms with Gasteiger partial charge in [-0.05, 0) is 12.8 Å². The van der Waals surface area contributed by atoms with E-state index in [2.05, 4.69) is 36.6 Å². The smallest absolute Gasteiger partial charge is 0.320 e. The van der Waals surface area contributed by atoms with Gasteiger partial charge in [0.1, 0.15) is 4.83 Å². The summed E-state index contributed by atoms with van der Waals surface area (Å²) in [5, 5.41) is 0. The zero-order valence-electron chi connectivity index (χ0n) is 13.6. The first kappa shape index (κ1) is 21.9. The average Bonchev–Trinajstić information content (AvgIpc) is 2.54. The summed E-state index contributed by atoms with van der Waals surface area (Å²) >= 11 is 6.88. The lowest BCUT2D eigenvalue weighted by Gasteiger charge is -2.14. The number of carbonyl (C=O) groups excluding carboxylic acids is 2. The molecule has 0 saturated heterocycles. The van der Waals surface area contributed by atoms with Crippen molar-refractivity contribution >= 4 is 43.8 Å². The molecule has 0 aromatic rings. The molecule has 2 atom stereocenters. The Balaban J connectivity index is 3.36. The van der Waals surface area contributed by atoms with Crippen LogP contribution in [-0.2, 0) is 19.1 Å². The van der Waals surface area contributed by atoms with E-state index >= 15 is 0 Å². The Morgan fingerprint density at radius 3 is 1.82 bits per heavy atom. The molecule has 0 aromatic carbocycles. The second kappa shape index (κ2) is 14.5. The van der Waals surface area contributed by atoms with Crippen LogP contribution in [-0.4, -0.2) is 35.8 Å². The number of methoxy groups -OCH3 is 2. The standard InChI is InChI=1S/C16H28Br2O4/c1-21-14(19)12-10-8-6-4-3-5-7-9-11-13(17)15(18)16(20)22-2/h13,15H,3-12H2,1-2H3. The summed E-state index contributed by atoms with van der Waals surface area (Å²) in [7, 11) is 2.84. The van der Waals surface area contributed by atoms with Crippen molar-refractivity contribution in [2.24, 2.45) is 0 Å². The van der Waals surface area contributed by atoms with Crippen molar-refractivity contribution in [3.05, 3.63) is 0 Å². The summed E-state index contributed by atoms with van der Waals surface area (Å²) in [6, 6.07) is 0. The molecule has 0 fully saturated rings. The quantitative estimate of drug-likeness (QED) is 0.234. The zero-order chi connectivity index (χ0) is 16.8. The van der Waals surface area contributed by atoms with Crippen LogP contribution in [0.25, 0.3) is 0 Å². The third-order valence-electron chi connectivity index (χ3n) is 3.58. The molecule has 0 radical (unpaired) electrons. The van der Waals surface area contributed by atoms with Crippen molar-refractivity contribution < 1.29 is 19.1 Å². The predicted octanol–water partition coefficient (Wildman–Crippen LogP) is 4.76. The Bertz CT molecular complexity index is 311. The molecule has 0 aliphatic carbocycles. The van der Waals surface area contributed by atoms with E-state index in [0.717, 1.165) is 25.7 Å². The van der Waals surface area contributed by atoms with E-state index in [1.807, 2.05) is 0 Å². The first-order chi connectivity index (χ1) is 10.5. The number of unbranched alkanes of at least 4 members (excludes halogenated alkanes) is 7. The first-order valence-corrected chi connectivity index (χ1v) is 9.78. The second-order valence-electron chi connectivity index (χ2n) is 5.38. The van der Waals surface area contributed by atoms with Crippen LogP contribution in [0.4, 0.5) is 0 Å². The van der Waals surface area contributed by atoms with Gasteiger partial charge in [-0.25, -0.2) is 0 Å². The van der Waals surface area contributed by atoms with Crippen molar-refractivity contribution in [2.45, 2.75) is 73.9 Å². The van der Waals surface area contributed by atoms with Crippen molar-refractivity contribution in [1.29, 1.82) is 0 Å². The molecule has 0 spiro atoms. The molecule has 0 saturated carbocycles. The van der Waals surface area contributed by atoms with Gasteiger partial charge in [0, 0.05) is 11.2 Å². The third kappa shape index (κ3) is 11.5. The molecule has 0 bridgehead atoms. The summed E-state index contributed by atoms with van der Waals surface area (Å²) in [6.07, 6.45) is 10.7. The average molecular weight is 444 g/mol. The van der Waals surface area contributed by atoms with E-state index < -0.39 is 0 Å². The molecule has 0 heterocycles. The minimum Gasteiger partial charge on any atom is -0.469 e. The minimum absolute atomic E-state index is 0.110. The van der Waals surface area contributed by atoms with Crippen molar-refractivity contribution in [2.75, 3.05) is 14.2 Å². The van der Waals surface area contributed by atoms with E-state index in [9.17, 15) is 9.59 Å². The van der Waals surface area contributed by atoms with Gasteiger partial charge in [-0.2, -0.15) is 0 Å². The van der Waals surface area contributed by atoms with Crippen molar-refractivity contribution in [3.63, 3.8) is 0 Å². The molecule has 130 valence electrons. The maximum atomic E-state index is 11.3. The number of ether oxygens (including phenoxy) is 2. The number of rotatable bonds is 13. The lowest BCUT2D eigenvalue weighted by Crippen LogP contribution is -2.25. The molecular weight excluding hydrogens is 416 g/mol. The Kier molecular flexibility index (Phi) is 14.4. The van der Waals surface area contributed by atoms with Crippen LogP contribution in [0.2, 0.25) is 0 Å². The Morgan fingerprint density at radius 1 is 0.818 bits per heavy atom. The largest absolute Gasteiger partial charge is 0.469 e. The number of halogens is 2. The second-order valence-corrected chi connectivity index (χ2v) is 7.55. The minimum atomic E-state index is -0.271. The van der Waals surface area contributed by atoms with Crippen LogP contribution in [0.15, 0.2) is 0 Å². The maximum absolute atomic E-state index is 11.3. The van der Waals surface area contributed by atoms with Crippen LogP contribution in [0, 0.1) is 0 Å². The molecule has 4 nitrogen and oxygen atoms in total. The fourth-order valence-corrected chi connectivity index (χ4v) is 3.17. The highest BCUT2D eigenvalue weighted by atomic mass is 79.9. The highest BCUT2D eigenvalue weighted by Crippen LogP contribution is 2.22. The molecule has 2 unspecified atom stereocenters. The van der Waals surface area contributed by atoms with Crippen LogP contribution in [0.3, 0.4) is 0 Å². The lowest BCUT2D eigenvalue weighted by atomic mass is 10.1. The summed E-state index contributed by atoms with van der Waals surface area (Å²) in [4.78, 5) is 22.1. The first-order valence-electron chi connectivity index (χ1n) is 7.95. The summed E-state index contributed by atoms with van der Waals surface area (Å²) in [5.41, 5.74) is 0. The number of alkyl halides is 2. The molecule has 22 heavy (non-hydrogen) atoms. The fourth-order valence-electron chi connectivity index (χ4n) is 2.18. The van der Waals surface area contributed by atoms with Gasteiger partial charge in [-0.15, -0.1) is 0 Å². The Labute approximate surface area is 150 Å². The SMILES string of the molecule is COC(=O)CCCCCCCCCCC(Br)C(Br)C(=O)OC. The Morgan fingerprint density at radius 2 is 1.32 bits per heavy atom. The van der Waals surface area contributed by atoms with Gasteiger partial charge in [0.2, 0.25) is 0 Å². The highest BCUT2D eigenvalue weighted by Gasteiger charge is 2.23. The molecule has 0 aromatic heterocycles. The van der Waals surface area contributed by atoms with Crippen molar-refractivity contribution in [3.8, 4) is 0 Å². The summed E-state index contributed by atoms with van der Waals surface area (Å²) in [5.74, 6) is -0.338. The van der Waals surface area contributed by atoms with Gasteiger partial charge in [0.25, 0.3) is 0 Å². The summed E-state index contributed by atoms with van der Waals surface area (Å²) in [6.45, 7) is 0. The van der Waals surface area contributed by atoms with E-state index in [0.29, 0.717) is 6.42 Å². The van der Waals surface area contributed by atoms with Crippen LogP contribution in [0.5, 0.6) is 0 Å². The highest BCUT2D eigenvalue weighted by molar-refractivity contribution is 9.12. The van der Waals surface area contributed by atoms with Gasteiger partial charge in [-0.3, -0.25) is 9.59 Å². The third-order valence-corrected chi connectivity index (χ3v) is 6.29. The van der Waals surface area contributed by atoms with Gasteiger partial charge in [0.15, 0.2) is 0 Å². The van der Waals surface area contributed by atoms with Gasteiger partial charge in [-0.1, -0.05) is 76.8 Å². The molecule has 0 N–H and O–H groups in total. The predicted molar refractivity (Wildman–Crippen MR) is 95.6 cm³/mol. The van der Waals surface area contributed by atoms with Gasteiger partial charge >= 0.3 is 11.9 Å². The van der Waals surface area contributed by atoms with Crippen LogP contribution >= 0.6 is 31.9 Å². The number of esters is 2. The normalized spacial score (nSPS) is 13.5. The maximum Gasteiger partial charge on any atom is 0.320 e. The molecule has 0 aliphatic rings. The van der Waals surface area contributed by atoms with E-state index in [1.54, 1.807) is 0 Å². The van der Waals surface area contributed by atoms with Crippen molar-refractivity contribution in [1.82, 2.24) is 0 Å². The van der Waals surface area contributed by atoms with Crippen LogP contribution < -0.4 is 0 Å². The lowest BCUT2D eigenvalue weighted by molar-refractivity contribution is -0.141. The molecular formula is C16H28Br2O4. The monoisotopic (exact) mass is 442 g/mol. The number of hydrogen-bond acceptors (Lipinski definition) is 4. The Hall–Kier alpha value is -0.100. The molecule has 0 amide bonds.